The molecule has 0 aliphatic heterocycles. The van der Waals surface area contributed by atoms with Gasteiger partial charge in [0.15, 0.2) is 0 Å². The minimum Gasteiger partial charge on any atom is -0.462 e. The third-order valence-electron chi connectivity index (χ3n) is 2.12. The summed E-state index contributed by atoms with van der Waals surface area (Å²) in [6.07, 6.45) is 0.879. The quantitative estimate of drug-likeness (QED) is 0.496. The van der Waals surface area contributed by atoms with Gasteiger partial charge in [0.2, 0.25) is 0 Å². The van der Waals surface area contributed by atoms with E-state index in [1.165, 1.54) is 0 Å². The second-order valence-electron chi connectivity index (χ2n) is 3.40. The van der Waals surface area contributed by atoms with Crippen LogP contribution in [0.5, 0.6) is 0 Å². The fourth-order valence-corrected chi connectivity index (χ4v) is 2.29. The number of benzene rings is 1. The van der Waals surface area contributed by atoms with Gasteiger partial charge in [0, 0.05) is 5.69 Å². The number of esters is 1. The lowest BCUT2D eigenvalue weighted by atomic mass is 10.2. The Labute approximate surface area is 114 Å². The molecule has 3 nitrogen and oxygen atoms in total. The van der Waals surface area contributed by atoms with Gasteiger partial charge in [-0.05, 0) is 46.0 Å². The number of nitrogen functional groups attached to an aromatic ring is 1. The maximum atomic E-state index is 11.7. The molecule has 0 bridgehead atoms. The molecule has 0 saturated carbocycles. The summed E-state index contributed by atoms with van der Waals surface area (Å²) >= 11 is 5.13. The highest BCUT2D eigenvalue weighted by molar-refractivity contribution is 9.10. The van der Waals surface area contributed by atoms with Crippen LogP contribution in [0.2, 0.25) is 0 Å². The zero-order valence-corrected chi connectivity index (χ0v) is 12.1. The normalized spacial score (nSPS) is 10.2. The Morgan fingerprint density at radius 1 is 1.53 bits per heavy atom. The van der Waals surface area contributed by atoms with Crippen molar-refractivity contribution in [3.05, 3.63) is 28.2 Å². The SMILES string of the molecule is CCSCCCOC(=O)c1cccc(N)c1Br. The van der Waals surface area contributed by atoms with Crippen LogP contribution in [0.15, 0.2) is 22.7 Å². The molecule has 17 heavy (non-hydrogen) atoms. The number of anilines is 1. The monoisotopic (exact) mass is 317 g/mol. The van der Waals surface area contributed by atoms with Gasteiger partial charge in [0.1, 0.15) is 0 Å². The van der Waals surface area contributed by atoms with Crippen LogP contribution in [0, 0.1) is 0 Å². The highest BCUT2D eigenvalue weighted by Gasteiger charge is 2.12. The fraction of sp³-hybridized carbons (Fsp3) is 0.417. The molecule has 0 aliphatic rings. The Bertz CT molecular complexity index is 385. The maximum absolute atomic E-state index is 11.7. The molecular formula is C12H16BrNO2S. The molecule has 1 rings (SSSR count). The van der Waals surface area contributed by atoms with Crippen LogP contribution in [0.4, 0.5) is 5.69 Å². The topological polar surface area (TPSA) is 52.3 Å². The van der Waals surface area contributed by atoms with Crippen LogP contribution in [0.25, 0.3) is 0 Å². The van der Waals surface area contributed by atoms with Gasteiger partial charge in [0.05, 0.1) is 16.6 Å². The largest absolute Gasteiger partial charge is 0.462 e. The zero-order valence-electron chi connectivity index (χ0n) is 9.74. The highest BCUT2D eigenvalue weighted by Crippen LogP contribution is 2.24. The van der Waals surface area contributed by atoms with E-state index < -0.39 is 0 Å². The molecule has 94 valence electrons. The summed E-state index contributed by atoms with van der Waals surface area (Å²) in [7, 11) is 0. The van der Waals surface area contributed by atoms with Crippen molar-refractivity contribution in [2.75, 3.05) is 23.8 Å². The third kappa shape index (κ3) is 4.60. The lowest BCUT2D eigenvalue weighted by Gasteiger charge is -2.07. The van der Waals surface area contributed by atoms with E-state index in [0.29, 0.717) is 22.3 Å². The van der Waals surface area contributed by atoms with Crippen LogP contribution in [-0.4, -0.2) is 24.1 Å². The Hall–Kier alpha value is -0.680. The number of carbonyl (C=O) groups is 1. The van der Waals surface area contributed by atoms with Crippen molar-refractivity contribution in [1.82, 2.24) is 0 Å². The molecule has 0 radical (unpaired) electrons. The third-order valence-corrected chi connectivity index (χ3v) is 3.99. The highest BCUT2D eigenvalue weighted by atomic mass is 79.9. The number of ether oxygens (including phenoxy) is 1. The van der Waals surface area contributed by atoms with E-state index in [2.05, 4.69) is 22.9 Å². The van der Waals surface area contributed by atoms with Crippen LogP contribution in [0.1, 0.15) is 23.7 Å². The van der Waals surface area contributed by atoms with Crippen molar-refractivity contribution < 1.29 is 9.53 Å². The van der Waals surface area contributed by atoms with E-state index in [-0.39, 0.29) is 5.97 Å². The predicted octanol–water partition coefficient (Wildman–Crippen LogP) is 3.33. The Morgan fingerprint density at radius 2 is 2.29 bits per heavy atom. The maximum Gasteiger partial charge on any atom is 0.339 e. The second-order valence-corrected chi connectivity index (χ2v) is 5.58. The van der Waals surface area contributed by atoms with Crippen molar-refractivity contribution in [1.29, 1.82) is 0 Å². The summed E-state index contributed by atoms with van der Waals surface area (Å²) in [5, 5.41) is 0. The molecule has 0 unspecified atom stereocenters. The van der Waals surface area contributed by atoms with E-state index in [9.17, 15) is 4.79 Å². The summed E-state index contributed by atoms with van der Waals surface area (Å²) in [6, 6.07) is 5.17. The number of hydrogen-bond donors (Lipinski definition) is 1. The van der Waals surface area contributed by atoms with Crippen molar-refractivity contribution in [2.45, 2.75) is 13.3 Å². The Morgan fingerprint density at radius 3 is 3.00 bits per heavy atom. The summed E-state index contributed by atoms with van der Waals surface area (Å²) in [6.45, 7) is 2.56. The lowest BCUT2D eigenvalue weighted by Crippen LogP contribution is -2.08. The van der Waals surface area contributed by atoms with Crippen LogP contribution >= 0.6 is 27.7 Å². The molecule has 1 aromatic carbocycles. The van der Waals surface area contributed by atoms with Gasteiger partial charge in [-0.15, -0.1) is 0 Å². The molecule has 0 spiro atoms. The fourth-order valence-electron chi connectivity index (χ4n) is 1.26. The number of thioether (sulfide) groups is 1. The standard InChI is InChI=1S/C12H16BrNO2S/c1-2-17-8-4-7-16-12(15)9-5-3-6-10(14)11(9)13/h3,5-6H,2,4,7-8,14H2,1H3. The van der Waals surface area contributed by atoms with Gasteiger partial charge in [-0.1, -0.05) is 13.0 Å². The number of halogens is 1. The molecule has 0 fully saturated rings. The smallest absolute Gasteiger partial charge is 0.339 e. The van der Waals surface area contributed by atoms with Gasteiger partial charge >= 0.3 is 5.97 Å². The van der Waals surface area contributed by atoms with E-state index >= 15 is 0 Å². The van der Waals surface area contributed by atoms with E-state index in [0.717, 1.165) is 17.9 Å². The predicted molar refractivity (Wildman–Crippen MR) is 76.5 cm³/mol. The average Bonchev–Trinajstić information content (AvgIpc) is 2.32. The van der Waals surface area contributed by atoms with E-state index in [1.54, 1.807) is 18.2 Å². The van der Waals surface area contributed by atoms with Gasteiger partial charge in [-0.25, -0.2) is 4.79 Å². The summed E-state index contributed by atoms with van der Waals surface area (Å²) in [5.74, 6) is 1.78. The summed E-state index contributed by atoms with van der Waals surface area (Å²) < 4.78 is 5.78. The average molecular weight is 318 g/mol. The lowest BCUT2D eigenvalue weighted by molar-refractivity contribution is 0.0505. The zero-order chi connectivity index (χ0) is 12.7. The minimum atomic E-state index is -0.328. The Kier molecular flexibility index (Phi) is 6.44. The van der Waals surface area contributed by atoms with Gasteiger partial charge in [-0.2, -0.15) is 11.8 Å². The van der Waals surface area contributed by atoms with Gasteiger partial charge in [-0.3, -0.25) is 0 Å². The van der Waals surface area contributed by atoms with Crippen LogP contribution in [0.3, 0.4) is 0 Å². The van der Waals surface area contributed by atoms with Crippen molar-refractivity contribution in [2.24, 2.45) is 0 Å². The first-order valence-corrected chi connectivity index (χ1v) is 7.40. The van der Waals surface area contributed by atoms with Crippen molar-refractivity contribution in [3.8, 4) is 0 Å². The molecule has 5 heteroatoms. The van der Waals surface area contributed by atoms with E-state index in [1.807, 2.05) is 11.8 Å². The molecule has 0 saturated heterocycles. The first-order chi connectivity index (χ1) is 8.16. The molecule has 0 aromatic heterocycles. The number of nitrogens with two attached hydrogens (primary N) is 1. The molecule has 0 atom stereocenters. The molecule has 0 heterocycles. The molecular weight excluding hydrogens is 302 g/mol. The number of hydrogen-bond acceptors (Lipinski definition) is 4. The van der Waals surface area contributed by atoms with Gasteiger partial charge in [0.25, 0.3) is 0 Å². The van der Waals surface area contributed by atoms with Gasteiger partial charge < -0.3 is 10.5 Å². The molecule has 0 amide bonds. The van der Waals surface area contributed by atoms with Crippen molar-refractivity contribution in [3.63, 3.8) is 0 Å². The summed E-state index contributed by atoms with van der Waals surface area (Å²) in [4.78, 5) is 11.7. The van der Waals surface area contributed by atoms with Crippen LogP contribution in [-0.2, 0) is 4.74 Å². The first-order valence-electron chi connectivity index (χ1n) is 5.45. The second kappa shape index (κ2) is 7.61. The first kappa shape index (κ1) is 14.4. The van der Waals surface area contributed by atoms with Crippen LogP contribution < -0.4 is 5.73 Å². The Balaban J connectivity index is 2.44. The number of rotatable bonds is 6. The molecule has 2 N–H and O–H groups in total. The number of carbonyl (C=O) groups excluding carboxylic acids is 1. The van der Waals surface area contributed by atoms with E-state index in [4.69, 9.17) is 10.5 Å². The van der Waals surface area contributed by atoms with Crippen molar-refractivity contribution >= 4 is 39.3 Å². The minimum absolute atomic E-state index is 0.328. The summed E-state index contributed by atoms with van der Waals surface area (Å²) in [5.41, 5.74) is 6.72. The molecule has 1 aromatic rings. The molecule has 0 aliphatic carbocycles.